The molecule has 2 aliphatic heterocycles. The van der Waals surface area contributed by atoms with Crippen LogP contribution in [0.3, 0.4) is 0 Å². The Morgan fingerprint density at radius 1 is 1.20 bits per heavy atom. The Hall–Kier alpha value is -4.25. The van der Waals surface area contributed by atoms with Crippen molar-refractivity contribution in [1.82, 2.24) is 29.5 Å². The first kappa shape index (κ1) is 24.8. The van der Waals surface area contributed by atoms with Crippen molar-refractivity contribution in [2.75, 3.05) is 35.2 Å². The molecule has 11 heteroatoms. The number of aromatic nitrogens is 4. The topological polar surface area (TPSA) is 112 Å². The number of carbonyl (C=O) groups excluding carboxylic acids is 2. The zero-order valence-electron chi connectivity index (χ0n) is 22.6. The Morgan fingerprint density at radius 3 is 2.77 bits per heavy atom. The number of benzene rings is 1. The SMILES string of the molecule is Cn1nccc1Nc1ncc2c(n1)N(c1cccc(NC(=O)/C=C/CN3CC4(CCC4)C3)c1)C(=O)N(C1CC1)C2. The first-order valence-corrected chi connectivity index (χ1v) is 14.0. The lowest BCUT2D eigenvalue weighted by Gasteiger charge is -2.56. The van der Waals surface area contributed by atoms with Crippen molar-refractivity contribution < 1.29 is 9.59 Å². The summed E-state index contributed by atoms with van der Waals surface area (Å²) in [6.07, 6.45) is 13.0. The normalized spacial score (nSPS) is 19.9. The molecule has 0 unspecified atom stereocenters. The number of nitrogens with zero attached hydrogens (tertiary/aromatic N) is 7. The van der Waals surface area contributed by atoms with E-state index in [0.717, 1.165) is 43.9 Å². The predicted molar refractivity (Wildman–Crippen MR) is 152 cm³/mol. The van der Waals surface area contributed by atoms with Gasteiger partial charge in [0, 0.05) is 62.3 Å². The third-order valence-electron chi connectivity index (χ3n) is 8.42. The van der Waals surface area contributed by atoms with Crippen LogP contribution in [0.1, 0.15) is 37.7 Å². The number of nitrogens with one attached hydrogen (secondary N) is 2. The molecule has 1 saturated heterocycles. The maximum absolute atomic E-state index is 13.8. The van der Waals surface area contributed by atoms with Crippen LogP contribution < -0.4 is 15.5 Å². The molecule has 3 amide bonds. The van der Waals surface area contributed by atoms with E-state index in [-0.39, 0.29) is 18.0 Å². The van der Waals surface area contributed by atoms with Gasteiger partial charge in [-0.15, -0.1) is 0 Å². The zero-order chi connectivity index (χ0) is 27.3. The maximum Gasteiger partial charge on any atom is 0.330 e. The lowest BCUT2D eigenvalue weighted by atomic mass is 9.63. The Labute approximate surface area is 232 Å². The molecule has 40 heavy (non-hydrogen) atoms. The minimum Gasteiger partial charge on any atom is -0.322 e. The van der Waals surface area contributed by atoms with Crippen molar-refractivity contribution in [3.8, 4) is 0 Å². The fourth-order valence-corrected chi connectivity index (χ4v) is 5.99. The number of rotatable bonds is 8. The molecule has 4 aliphatic rings. The van der Waals surface area contributed by atoms with Crippen molar-refractivity contribution in [3.05, 3.63) is 60.4 Å². The predicted octanol–water partition coefficient (Wildman–Crippen LogP) is 4.17. The molecular formula is C29H33N9O2. The summed E-state index contributed by atoms with van der Waals surface area (Å²) in [5, 5.41) is 10.3. The van der Waals surface area contributed by atoms with Gasteiger partial charge >= 0.3 is 6.03 Å². The summed E-state index contributed by atoms with van der Waals surface area (Å²) in [7, 11) is 1.83. The van der Waals surface area contributed by atoms with Gasteiger partial charge in [0.2, 0.25) is 11.9 Å². The number of fused-ring (bicyclic) bond motifs is 1. The maximum atomic E-state index is 13.8. The third kappa shape index (κ3) is 4.70. The Balaban J connectivity index is 1.09. The Kier molecular flexibility index (Phi) is 6.03. The molecule has 1 spiro atoms. The van der Waals surface area contributed by atoms with E-state index in [0.29, 0.717) is 35.1 Å². The molecule has 2 aromatic heterocycles. The fourth-order valence-electron chi connectivity index (χ4n) is 5.99. The van der Waals surface area contributed by atoms with Crippen LogP contribution in [0.4, 0.5) is 33.8 Å². The number of anilines is 5. The van der Waals surface area contributed by atoms with Gasteiger partial charge in [-0.3, -0.25) is 14.4 Å². The largest absolute Gasteiger partial charge is 0.330 e. The molecular weight excluding hydrogens is 506 g/mol. The summed E-state index contributed by atoms with van der Waals surface area (Å²) in [6.45, 7) is 3.56. The van der Waals surface area contributed by atoms with Gasteiger partial charge in [0.1, 0.15) is 5.82 Å². The fraction of sp³-hybridized carbons (Fsp3) is 0.414. The van der Waals surface area contributed by atoms with E-state index in [1.807, 2.05) is 48.4 Å². The van der Waals surface area contributed by atoms with Crippen LogP contribution in [0.2, 0.25) is 0 Å². The highest BCUT2D eigenvalue weighted by Gasteiger charge is 2.46. The van der Waals surface area contributed by atoms with Gasteiger partial charge in [0.05, 0.1) is 18.4 Å². The summed E-state index contributed by atoms with van der Waals surface area (Å²) in [5.74, 6) is 1.46. The molecule has 2 aliphatic carbocycles. The molecule has 4 heterocycles. The highest BCUT2D eigenvalue weighted by atomic mass is 16.2. The molecule has 0 bridgehead atoms. The van der Waals surface area contributed by atoms with E-state index in [4.69, 9.17) is 4.98 Å². The smallest absolute Gasteiger partial charge is 0.322 e. The number of aryl methyl sites for hydroxylation is 1. The number of carbonyl (C=O) groups is 2. The van der Waals surface area contributed by atoms with E-state index < -0.39 is 0 Å². The average Bonchev–Trinajstić information content (AvgIpc) is 3.66. The third-order valence-corrected chi connectivity index (χ3v) is 8.42. The van der Waals surface area contributed by atoms with Gasteiger partial charge in [-0.05, 0) is 49.3 Å². The molecule has 3 fully saturated rings. The molecule has 206 valence electrons. The molecule has 7 rings (SSSR count). The molecule has 0 atom stereocenters. The van der Waals surface area contributed by atoms with Crippen LogP contribution in [0.5, 0.6) is 0 Å². The van der Waals surface area contributed by atoms with Gasteiger partial charge < -0.3 is 15.5 Å². The second-order valence-corrected chi connectivity index (χ2v) is 11.4. The quantitative estimate of drug-likeness (QED) is 0.413. The van der Waals surface area contributed by atoms with E-state index in [1.54, 1.807) is 28.1 Å². The second kappa shape index (κ2) is 9.74. The number of hydrogen-bond acceptors (Lipinski definition) is 7. The molecule has 1 aromatic carbocycles. The second-order valence-electron chi connectivity index (χ2n) is 11.4. The summed E-state index contributed by atoms with van der Waals surface area (Å²) in [4.78, 5) is 41.6. The number of amides is 3. The summed E-state index contributed by atoms with van der Waals surface area (Å²) in [5.41, 5.74) is 2.70. The van der Waals surface area contributed by atoms with Crippen LogP contribution in [0, 0.1) is 5.41 Å². The highest BCUT2D eigenvalue weighted by Crippen LogP contribution is 2.48. The van der Waals surface area contributed by atoms with Crippen molar-refractivity contribution in [2.24, 2.45) is 12.5 Å². The number of likely N-dealkylation sites (tertiary alicyclic amines) is 1. The summed E-state index contributed by atoms with van der Waals surface area (Å²) >= 11 is 0. The Morgan fingerprint density at radius 2 is 2.05 bits per heavy atom. The first-order chi connectivity index (χ1) is 19.5. The van der Waals surface area contributed by atoms with E-state index >= 15 is 0 Å². The van der Waals surface area contributed by atoms with Crippen molar-refractivity contribution in [2.45, 2.75) is 44.7 Å². The van der Waals surface area contributed by atoms with Crippen LogP contribution in [-0.2, 0) is 18.4 Å². The average molecular weight is 540 g/mol. The lowest BCUT2D eigenvalue weighted by molar-refractivity contribution is -0.111. The minimum absolute atomic E-state index is 0.123. The van der Waals surface area contributed by atoms with Gasteiger partial charge in [0.25, 0.3) is 0 Å². The van der Waals surface area contributed by atoms with Gasteiger partial charge in [-0.25, -0.2) is 14.7 Å². The summed E-state index contributed by atoms with van der Waals surface area (Å²) in [6, 6.07) is 9.28. The monoisotopic (exact) mass is 539 g/mol. The van der Waals surface area contributed by atoms with Crippen LogP contribution >= 0.6 is 0 Å². The first-order valence-electron chi connectivity index (χ1n) is 14.0. The zero-order valence-corrected chi connectivity index (χ0v) is 22.6. The van der Waals surface area contributed by atoms with Gasteiger partial charge in [-0.1, -0.05) is 18.6 Å². The van der Waals surface area contributed by atoms with Crippen LogP contribution in [0.15, 0.2) is 54.9 Å². The molecule has 3 aromatic rings. The molecule has 11 nitrogen and oxygen atoms in total. The molecule has 2 N–H and O–H groups in total. The molecule has 0 radical (unpaired) electrons. The summed E-state index contributed by atoms with van der Waals surface area (Å²) < 4.78 is 1.69. The van der Waals surface area contributed by atoms with Crippen molar-refractivity contribution >= 4 is 40.9 Å². The van der Waals surface area contributed by atoms with Crippen molar-refractivity contribution in [1.29, 1.82) is 0 Å². The van der Waals surface area contributed by atoms with E-state index in [1.165, 1.54) is 19.3 Å². The van der Waals surface area contributed by atoms with Gasteiger partial charge in [-0.2, -0.15) is 10.1 Å². The Bertz CT molecular complexity index is 1480. The van der Waals surface area contributed by atoms with E-state index in [2.05, 4.69) is 25.6 Å². The lowest BCUT2D eigenvalue weighted by Crippen LogP contribution is -2.59. The molecule has 2 saturated carbocycles. The standard InChI is InChI=1S/C29H33N9O2/c1-35-24(10-13-31-35)33-27-30-16-20-17-37(22-8-9-22)28(40)38(26(20)34-27)23-6-2-5-21(15-23)32-25(39)7-3-14-36-18-29(19-36)11-4-12-29/h2-3,5-7,10,13,15-16,22H,4,8-9,11-12,14,17-19H2,1H3,(H,32,39)(H,30,33,34)/b7-3+. The van der Waals surface area contributed by atoms with Crippen molar-refractivity contribution in [3.63, 3.8) is 0 Å². The van der Waals surface area contributed by atoms with Crippen LogP contribution in [-0.4, -0.2) is 67.2 Å². The number of urea groups is 1. The minimum atomic E-state index is -0.189. The number of hydrogen-bond donors (Lipinski definition) is 2. The van der Waals surface area contributed by atoms with Gasteiger partial charge in [0.15, 0.2) is 5.82 Å². The van der Waals surface area contributed by atoms with Crippen LogP contribution in [0.25, 0.3) is 0 Å². The highest BCUT2D eigenvalue weighted by molar-refractivity contribution is 6.03. The van der Waals surface area contributed by atoms with E-state index in [9.17, 15) is 9.59 Å².